The summed E-state index contributed by atoms with van der Waals surface area (Å²) in [5.74, 6) is -1.45. The van der Waals surface area contributed by atoms with E-state index >= 15 is 0 Å². The smallest absolute Gasteiger partial charge is 0.377 e. The van der Waals surface area contributed by atoms with Crippen molar-refractivity contribution in [3.8, 4) is 0 Å². The lowest BCUT2D eigenvalue weighted by atomic mass is 9.91. The Morgan fingerprint density at radius 2 is 1.87 bits per heavy atom. The van der Waals surface area contributed by atoms with Gasteiger partial charge in [0.25, 0.3) is 5.91 Å². The van der Waals surface area contributed by atoms with Gasteiger partial charge in [-0.05, 0) is 38.2 Å². The van der Waals surface area contributed by atoms with Crippen molar-refractivity contribution in [2.24, 2.45) is 0 Å². The molecule has 1 N–H and O–H groups in total. The number of thiophene rings is 1. The molecule has 1 aromatic carbocycles. The highest BCUT2D eigenvalue weighted by Gasteiger charge is 2.27. The lowest BCUT2D eigenvalue weighted by molar-refractivity contribution is -0.148. The van der Waals surface area contributed by atoms with Crippen LogP contribution in [-0.4, -0.2) is 37.5 Å². The van der Waals surface area contributed by atoms with E-state index in [1.165, 1.54) is 17.6 Å². The third-order valence-corrected chi connectivity index (χ3v) is 6.36. The van der Waals surface area contributed by atoms with Crippen LogP contribution in [0.4, 0.5) is 5.00 Å². The number of aryl methyl sites for hydroxylation is 2. The van der Waals surface area contributed by atoms with Gasteiger partial charge < -0.3 is 19.5 Å². The first kappa shape index (κ1) is 21.1. The van der Waals surface area contributed by atoms with Crippen LogP contribution in [0.1, 0.15) is 44.8 Å². The van der Waals surface area contributed by atoms with Gasteiger partial charge in [-0.3, -0.25) is 9.59 Å². The highest BCUT2D eigenvalue weighted by Crippen LogP contribution is 2.39. The number of fused-ring (bicyclic) bond motifs is 1. The van der Waals surface area contributed by atoms with Gasteiger partial charge in [0.05, 0.1) is 5.56 Å². The zero-order valence-corrected chi connectivity index (χ0v) is 18.0. The fourth-order valence-electron chi connectivity index (χ4n) is 3.58. The summed E-state index contributed by atoms with van der Waals surface area (Å²) in [5, 5.41) is 3.29. The molecule has 1 aliphatic carbocycles. The molecule has 0 saturated carbocycles. The molecule has 162 valence electrons. The number of rotatable bonds is 6. The largest absolute Gasteiger partial charge is 0.493 e. The molecule has 0 spiro atoms. The molecule has 0 unspecified atom stereocenters. The normalized spacial score (nSPS) is 15.1. The van der Waals surface area contributed by atoms with Crippen molar-refractivity contribution >= 4 is 34.0 Å². The van der Waals surface area contributed by atoms with Crippen LogP contribution >= 0.6 is 11.3 Å². The number of esters is 1. The van der Waals surface area contributed by atoms with Gasteiger partial charge in [-0.15, -0.1) is 11.3 Å². The molecule has 0 fully saturated rings. The summed E-state index contributed by atoms with van der Waals surface area (Å²) in [6.45, 7) is 2.09. The minimum absolute atomic E-state index is 0.0686. The predicted octanol–water partition coefficient (Wildman–Crippen LogP) is 3.54. The average molecular weight is 442 g/mol. The van der Waals surface area contributed by atoms with E-state index in [1.54, 1.807) is 12.1 Å². The van der Waals surface area contributed by atoms with Crippen molar-refractivity contribution in [1.29, 1.82) is 0 Å². The zero-order chi connectivity index (χ0) is 21.8. The number of anilines is 1. The fraction of sp³-hybridized carbons (Fsp3) is 0.348. The molecule has 2 aromatic rings. The topological polar surface area (TPSA) is 90.9 Å². The first-order valence-corrected chi connectivity index (χ1v) is 11.0. The van der Waals surface area contributed by atoms with Crippen LogP contribution in [0.3, 0.4) is 0 Å². The summed E-state index contributed by atoms with van der Waals surface area (Å²) < 4.78 is 15.2. The molecule has 0 bridgehead atoms. The summed E-state index contributed by atoms with van der Waals surface area (Å²) in [5.41, 5.74) is 3.23. The van der Waals surface area contributed by atoms with Crippen LogP contribution in [0, 0.1) is 6.92 Å². The molecule has 7 nitrogen and oxygen atoms in total. The molecule has 2 aliphatic rings. The van der Waals surface area contributed by atoms with Gasteiger partial charge in [0.15, 0.2) is 12.4 Å². The summed E-state index contributed by atoms with van der Waals surface area (Å²) >= 11 is 1.43. The molecule has 1 aliphatic heterocycles. The van der Waals surface area contributed by atoms with Gasteiger partial charge in [0.2, 0.25) is 5.76 Å². The van der Waals surface area contributed by atoms with Crippen molar-refractivity contribution < 1.29 is 28.6 Å². The minimum atomic E-state index is -0.767. The number of hydrogen-bond donors (Lipinski definition) is 1. The average Bonchev–Trinajstić information content (AvgIpc) is 3.15. The van der Waals surface area contributed by atoms with E-state index in [-0.39, 0.29) is 18.1 Å². The Bertz CT molecular complexity index is 1040. The Kier molecular flexibility index (Phi) is 6.36. The van der Waals surface area contributed by atoms with Gasteiger partial charge in [-0.1, -0.05) is 29.8 Å². The SMILES string of the molecule is Cc1ccc(C(=O)c2c(NC(=O)COC(=O)C3=COCCO3)sc3c2CCCC3)cc1. The number of benzene rings is 1. The third-order valence-electron chi connectivity index (χ3n) is 5.15. The number of carbonyl (C=O) groups is 3. The van der Waals surface area contributed by atoms with E-state index in [2.05, 4.69) is 5.32 Å². The second-order valence-corrected chi connectivity index (χ2v) is 8.54. The summed E-state index contributed by atoms with van der Waals surface area (Å²) in [6, 6.07) is 7.40. The molecule has 1 amide bonds. The number of nitrogens with one attached hydrogen (secondary N) is 1. The van der Waals surface area contributed by atoms with Gasteiger partial charge in [0.1, 0.15) is 24.5 Å². The second kappa shape index (κ2) is 9.34. The number of ketones is 1. The van der Waals surface area contributed by atoms with Crippen LogP contribution in [-0.2, 0) is 36.6 Å². The molecule has 0 saturated heterocycles. The maximum absolute atomic E-state index is 13.3. The minimum Gasteiger partial charge on any atom is -0.493 e. The quantitative estimate of drug-likeness (QED) is 0.545. The van der Waals surface area contributed by atoms with Crippen LogP contribution in [0.2, 0.25) is 0 Å². The van der Waals surface area contributed by atoms with Crippen molar-refractivity contribution in [2.45, 2.75) is 32.6 Å². The molecule has 2 heterocycles. The standard InChI is InChI=1S/C23H23NO6S/c1-14-6-8-15(9-7-14)21(26)20-16-4-2-3-5-18(16)31-22(20)24-19(25)13-30-23(27)17-12-28-10-11-29-17/h6-9,12H,2-5,10-11,13H2,1H3,(H,24,25). The molecule has 0 radical (unpaired) electrons. The Hall–Kier alpha value is -3.13. The van der Waals surface area contributed by atoms with Crippen LogP contribution in [0.25, 0.3) is 0 Å². The van der Waals surface area contributed by atoms with Crippen LogP contribution < -0.4 is 5.32 Å². The Labute approximate surface area is 184 Å². The zero-order valence-electron chi connectivity index (χ0n) is 17.2. The van der Waals surface area contributed by atoms with Crippen LogP contribution in [0.15, 0.2) is 36.3 Å². The maximum atomic E-state index is 13.3. The maximum Gasteiger partial charge on any atom is 0.377 e. The number of carbonyl (C=O) groups excluding carboxylic acids is 3. The van der Waals surface area contributed by atoms with Gasteiger partial charge in [0, 0.05) is 10.4 Å². The molecule has 1 aromatic heterocycles. The number of amides is 1. The van der Waals surface area contributed by atoms with E-state index in [1.807, 2.05) is 19.1 Å². The van der Waals surface area contributed by atoms with Crippen molar-refractivity contribution in [2.75, 3.05) is 25.1 Å². The van der Waals surface area contributed by atoms with Crippen molar-refractivity contribution in [3.63, 3.8) is 0 Å². The van der Waals surface area contributed by atoms with E-state index in [0.29, 0.717) is 22.7 Å². The Balaban J connectivity index is 1.51. The van der Waals surface area contributed by atoms with Crippen molar-refractivity contribution in [1.82, 2.24) is 0 Å². The number of hydrogen-bond acceptors (Lipinski definition) is 7. The van der Waals surface area contributed by atoms with E-state index in [0.717, 1.165) is 41.7 Å². The van der Waals surface area contributed by atoms with Gasteiger partial charge >= 0.3 is 5.97 Å². The first-order valence-electron chi connectivity index (χ1n) is 10.2. The molecular weight excluding hydrogens is 418 g/mol. The molecule has 4 rings (SSSR count). The highest BCUT2D eigenvalue weighted by atomic mass is 32.1. The number of ether oxygens (including phenoxy) is 3. The summed E-state index contributed by atoms with van der Waals surface area (Å²) in [4.78, 5) is 38.9. The second-order valence-electron chi connectivity index (χ2n) is 7.44. The van der Waals surface area contributed by atoms with Gasteiger partial charge in [-0.25, -0.2) is 4.79 Å². The predicted molar refractivity (Wildman–Crippen MR) is 115 cm³/mol. The molecule has 8 heteroatoms. The third kappa shape index (κ3) is 4.80. The lowest BCUT2D eigenvalue weighted by Gasteiger charge is -2.14. The molecule has 31 heavy (non-hydrogen) atoms. The first-order chi connectivity index (χ1) is 15.0. The van der Waals surface area contributed by atoms with Crippen molar-refractivity contribution in [3.05, 3.63) is 63.4 Å². The van der Waals surface area contributed by atoms with E-state index < -0.39 is 18.5 Å². The summed E-state index contributed by atoms with van der Waals surface area (Å²) in [7, 11) is 0. The monoisotopic (exact) mass is 441 g/mol. The highest BCUT2D eigenvalue weighted by molar-refractivity contribution is 7.17. The Morgan fingerprint density at radius 3 is 2.61 bits per heavy atom. The fourth-order valence-corrected chi connectivity index (χ4v) is 4.89. The van der Waals surface area contributed by atoms with E-state index in [4.69, 9.17) is 14.2 Å². The van der Waals surface area contributed by atoms with Gasteiger partial charge in [-0.2, -0.15) is 0 Å². The molecule has 0 atom stereocenters. The van der Waals surface area contributed by atoms with Crippen LogP contribution in [0.5, 0.6) is 0 Å². The Morgan fingerprint density at radius 1 is 1.10 bits per heavy atom. The lowest BCUT2D eigenvalue weighted by Crippen LogP contribution is -2.24. The summed E-state index contributed by atoms with van der Waals surface area (Å²) in [6.07, 6.45) is 4.96. The molecular formula is C23H23NO6S. The van der Waals surface area contributed by atoms with E-state index in [9.17, 15) is 14.4 Å².